The average Bonchev–Trinajstić information content (AvgIpc) is 2.87. The fourth-order valence-corrected chi connectivity index (χ4v) is 2.27. The van der Waals surface area contributed by atoms with E-state index in [1.807, 2.05) is 0 Å². The number of guanidine groups is 1. The minimum absolute atomic E-state index is 0.525. The van der Waals surface area contributed by atoms with Gasteiger partial charge in [-0.2, -0.15) is 0 Å². The van der Waals surface area contributed by atoms with Crippen LogP contribution in [-0.2, 0) is 0 Å². The van der Waals surface area contributed by atoms with Gasteiger partial charge in [-0.15, -0.1) is 0 Å². The molecule has 0 aromatic rings. The summed E-state index contributed by atoms with van der Waals surface area (Å²) in [5.74, 6) is 1.10. The van der Waals surface area contributed by atoms with E-state index in [9.17, 15) is 0 Å². The van der Waals surface area contributed by atoms with Crippen molar-refractivity contribution in [2.75, 3.05) is 26.2 Å². The summed E-state index contributed by atoms with van der Waals surface area (Å²) in [6, 6.07) is 1.18. The third kappa shape index (κ3) is 2.62. The molecule has 2 N–H and O–H groups in total. The van der Waals surface area contributed by atoms with Gasteiger partial charge in [0.2, 0.25) is 0 Å². The van der Waals surface area contributed by atoms with Crippen molar-refractivity contribution < 1.29 is 0 Å². The number of rotatable bonds is 3. The van der Waals surface area contributed by atoms with E-state index in [1.165, 1.54) is 19.4 Å². The fraction of sp³-hybridized carbons (Fsp3) is 0.909. The van der Waals surface area contributed by atoms with Crippen LogP contribution in [0.5, 0.6) is 0 Å². The van der Waals surface area contributed by atoms with Crippen LogP contribution in [0.15, 0.2) is 4.99 Å². The van der Waals surface area contributed by atoms with Crippen LogP contribution >= 0.6 is 0 Å². The normalized spacial score (nSPS) is 25.5. The first kappa shape index (κ1) is 10.7. The second-order valence-electron chi connectivity index (χ2n) is 4.67. The molecular formula is C11H22N4. The highest BCUT2D eigenvalue weighted by molar-refractivity contribution is 5.81. The third-order valence-electron chi connectivity index (χ3n) is 3.13. The maximum atomic E-state index is 4.50. The van der Waals surface area contributed by atoms with E-state index >= 15 is 0 Å². The highest BCUT2D eigenvalue weighted by atomic mass is 15.3. The third-order valence-corrected chi connectivity index (χ3v) is 3.13. The maximum absolute atomic E-state index is 4.50. The molecule has 1 fully saturated rings. The van der Waals surface area contributed by atoms with E-state index in [1.54, 1.807) is 0 Å². The molecule has 0 spiro atoms. The van der Waals surface area contributed by atoms with Gasteiger partial charge >= 0.3 is 0 Å². The van der Waals surface area contributed by atoms with Crippen LogP contribution in [0, 0.1) is 0 Å². The Morgan fingerprint density at radius 3 is 2.87 bits per heavy atom. The number of nitrogens with zero attached hydrogens (tertiary/aromatic N) is 2. The molecule has 1 atom stereocenters. The first-order valence-electron chi connectivity index (χ1n) is 6.05. The molecule has 0 saturated carbocycles. The molecule has 2 rings (SSSR count). The lowest BCUT2D eigenvalue weighted by Crippen LogP contribution is -2.48. The summed E-state index contributed by atoms with van der Waals surface area (Å²) in [5.41, 5.74) is 0. The lowest BCUT2D eigenvalue weighted by atomic mass is 10.2. The predicted molar refractivity (Wildman–Crippen MR) is 63.2 cm³/mol. The van der Waals surface area contributed by atoms with Gasteiger partial charge in [0.1, 0.15) is 0 Å². The largest absolute Gasteiger partial charge is 0.354 e. The standard InChI is InChI=1S/C11H22N4/c1-9(2)15(11-13-6-7-14-11)8-10-4-3-5-12-10/h9-10,12H,3-8H2,1-2H3,(H,13,14). The lowest BCUT2D eigenvalue weighted by molar-refractivity contribution is 0.308. The van der Waals surface area contributed by atoms with Crippen molar-refractivity contribution in [2.24, 2.45) is 4.99 Å². The van der Waals surface area contributed by atoms with Crippen LogP contribution in [0.25, 0.3) is 0 Å². The van der Waals surface area contributed by atoms with E-state index in [2.05, 4.69) is 34.4 Å². The molecule has 0 bridgehead atoms. The van der Waals surface area contributed by atoms with Gasteiger partial charge in [0, 0.05) is 25.2 Å². The zero-order valence-corrected chi connectivity index (χ0v) is 9.79. The summed E-state index contributed by atoms with van der Waals surface area (Å²) in [5, 5.41) is 6.90. The van der Waals surface area contributed by atoms with Crippen LogP contribution in [0.1, 0.15) is 26.7 Å². The average molecular weight is 210 g/mol. The molecule has 4 heteroatoms. The van der Waals surface area contributed by atoms with Gasteiger partial charge in [-0.25, -0.2) is 0 Å². The van der Waals surface area contributed by atoms with Crippen LogP contribution in [0.4, 0.5) is 0 Å². The van der Waals surface area contributed by atoms with E-state index in [-0.39, 0.29) is 0 Å². The topological polar surface area (TPSA) is 39.7 Å². The van der Waals surface area contributed by atoms with Crippen LogP contribution in [0.2, 0.25) is 0 Å². The Morgan fingerprint density at radius 1 is 1.47 bits per heavy atom. The van der Waals surface area contributed by atoms with E-state index in [0.29, 0.717) is 12.1 Å². The number of hydrogen-bond donors (Lipinski definition) is 2. The van der Waals surface area contributed by atoms with Gasteiger partial charge in [0.05, 0.1) is 6.54 Å². The van der Waals surface area contributed by atoms with E-state index in [0.717, 1.165) is 25.6 Å². The SMILES string of the molecule is CC(C)N(CC1CCCN1)C1=NCCN1. The number of hydrogen-bond acceptors (Lipinski definition) is 4. The Bertz CT molecular complexity index is 231. The molecular weight excluding hydrogens is 188 g/mol. The van der Waals surface area contributed by atoms with Crippen molar-refractivity contribution >= 4 is 5.96 Å². The molecule has 1 unspecified atom stereocenters. The highest BCUT2D eigenvalue weighted by Crippen LogP contribution is 2.10. The molecule has 15 heavy (non-hydrogen) atoms. The molecule has 2 aliphatic heterocycles. The van der Waals surface area contributed by atoms with E-state index in [4.69, 9.17) is 0 Å². The Hall–Kier alpha value is -0.770. The number of nitrogens with one attached hydrogen (secondary N) is 2. The van der Waals surface area contributed by atoms with Gasteiger partial charge in [-0.1, -0.05) is 0 Å². The molecule has 0 amide bonds. The molecule has 86 valence electrons. The molecule has 4 nitrogen and oxygen atoms in total. The monoisotopic (exact) mass is 210 g/mol. The van der Waals surface area contributed by atoms with Crippen molar-refractivity contribution in [1.82, 2.24) is 15.5 Å². The van der Waals surface area contributed by atoms with Crippen molar-refractivity contribution in [3.05, 3.63) is 0 Å². The van der Waals surface area contributed by atoms with Gasteiger partial charge in [0.15, 0.2) is 5.96 Å². The highest BCUT2D eigenvalue weighted by Gasteiger charge is 2.23. The van der Waals surface area contributed by atoms with Gasteiger partial charge in [0.25, 0.3) is 0 Å². The summed E-state index contributed by atoms with van der Waals surface area (Å²) in [4.78, 5) is 6.89. The Balaban J connectivity index is 1.93. The van der Waals surface area contributed by atoms with Crippen LogP contribution < -0.4 is 10.6 Å². The Kier molecular flexibility index (Phi) is 3.46. The summed E-state index contributed by atoms with van der Waals surface area (Å²) in [6.45, 7) is 8.66. The Labute approximate surface area is 92.1 Å². The summed E-state index contributed by atoms with van der Waals surface area (Å²) >= 11 is 0. The molecule has 0 aliphatic carbocycles. The maximum Gasteiger partial charge on any atom is 0.194 e. The summed E-state index contributed by atoms with van der Waals surface area (Å²) in [6.07, 6.45) is 2.62. The molecule has 0 aromatic heterocycles. The summed E-state index contributed by atoms with van der Waals surface area (Å²) in [7, 11) is 0. The molecule has 1 saturated heterocycles. The molecule has 0 aromatic carbocycles. The van der Waals surface area contributed by atoms with Crippen molar-refractivity contribution in [3.63, 3.8) is 0 Å². The second kappa shape index (κ2) is 4.84. The fourth-order valence-electron chi connectivity index (χ4n) is 2.27. The molecule has 0 radical (unpaired) electrons. The van der Waals surface area contributed by atoms with Crippen molar-refractivity contribution in [2.45, 2.75) is 38.8 Å². The zero-order chi connectivity index (χ0) is 10.7. The minimum atomic E-state index is 0.525. The molecule has 2 aliphatic rings. The minimum Gasteiger partial charge on any atom is -0.354 e. The quantitative estimate of drug-likeness (QED) is 0.708. The summed E-state index contributed by atoms with van der Waals surface area (Å²) < 4.78 is 0. The van der Waals surface area contributed by atoms with Crippen LogP contribution in [0.3, 0.4) is 0 Å². The first-order chi connectivity index (χ1) is 7.27. The van der Waals surface area contributed by atoms with Gasteiger partial charge in [-0.05, 0) is 33.2 Å². The van der Waals surface area contributed by atoms with Crippen LogP contribution in [-0.4, -0.2) is 49.1 Å². The van der Waals surface area contributed by atoms with Crippen molar-refractivity contribution in [1.29, 1.82) is 0 Å². The zero-order valence-electron chi connectivity index (χ0n) is 9.79. The predicted octanol–water partition coefficient (Wildman–Crippen LogP) is 0.408. The van der Waals surface area contributed by atoms with Gasteiger partial charge < -0.3 is 15.5 Å². The smallest absolute Gasteiger partial charge is 0.194 e. The Morgan fingerprint density at radius 2 is 2.33 bits per heavy atom. The lowest BCUT2D eigenvalue weighted by Gasteiger charge is -2.31. The van der Waals surface area contributed by atoms with E-state index < -0.39 is 0 Å². The first-order valence-corrected chi connectivity index (χ1v) is 6.05. The molecule has 2 heterocycles. The number of aliphatic imine (C=N–C) groups is 1. The van der Waals surface area contributed by atoms with Gasteiger partial charge in [-0.3, -0.25) is 4.99 Å². The van der Waals surface area contributed by atoms with Crippen molar-refractivity contribution in [3.8, 4) is 0 Å². The second-order valence-corrected chi connectivity index (χ2v) is 4.67.